The summed E-state index contributed by atoms with van der Waals surface area (Å²) in [6, 6.07) is 32.7. The van der Waals surface area contributed by atoms with Gasteiger partial charge in [-0.15, -0.1) is 0 Å². The third-order valence-electron chi connectivity index (χ3n) is 11.4. The van der Waals surface area contributed by atoms with Gasteiger partial charge in [-0.1, -0.05) is 24.3 Å². The number of methoxy groups -OCH3 is 2. The molecule has 7 rings (SSSR count). The summed E-state index contributed by atoms with van der Waals surface area (Å²) >= 11 is 0. The van der Waals surface area contributed by atoms with Gasteiger partial charge in [-0.2, -0.15) is 0 Å². The fraction of sp³-hybridized carbons (Fsp3) is 0.286. The van der Waals surface area contributed by atoms with Gasteiger partial charge in [0.2, 0.25) is 0 Å². The number of aromatic nitrogens is 4. The van der Waals surface area contributed by atoms with Gasteiger partial charge in [-0.05, 0) is 125 Å². The highest BCUT2D eigenvalue weighted by Crippen LogP contribution is 2.45. The molecule has 0 unspecified atom stereocenters. The van der Waals surface area contributed by atoms with Crippen LogP contribution in [-0.2, 0) is 31.1 Å². The van der Waals surface area contributed by atoms with Gasteiger partial charge in [0.05, 0.1) is 36.2 Å². The second-order valence-corrected chi connectivity index (χ2v) is 14.8. The monoisotopic (exact) mass is 668 g/mol. The zero-order valence-corrected chi connectivity index (χ0v) is 29.9. The summed E-state index contributed by atoms with van der Waals surface area (Å²) in [4.78, 5) is 40.0. The number of carbonyl (C=O) groups excluding carboxylic acids is 2. The Morgan fingerprint density at radius 3 is 0.880 bits per heavy atom. The molecule has 0 saturated carbocycles. The first kappa shape index (κ1) is 33.0. The third kappa shape index (κ3) is 4.88. The number of esters is 2. The van der Waals surface area contributed by atoms with Gasteiger partial charge in [0, 0.05) is 56.4 Å². The molecular weight excluding hydrogens is 624 g/mol. The number of aromatic amines is 4. The molecule has 2 aromatic carbocycles. The first-order valence-electron chi connectivity index (χ1n) is 16.9. The Morgan fingerprint density at radius 1 is 0.400 bits per heavy atom. The van der Waals surface area contributed by atoms with Gasteiger partial charge < -0.3 is 29.4 Å². The minimum atomic E-state index is -0.606. The van der Waals surface area contributed by atoms with Crippen LogP contribution in [0, 0.1) is 0 Å². The summed E-state index contributed by atoms with van der Waals surface area (Å²) in [5, 5.41) is 0. The van der Waals surface area contributed by atoms with Crippen molar-refractivity contribution in [3.05, 3.63) is 165 Å². The lowest BCUT2D eigenvalue weighted by atomic mass is 9.76. The van der Waals surface area contributed by atoms with Crippen molar-refractivity contribution < 1.29 is 19.1 Å². The number of carbonyl (C=O) groups is 2. The summed E-state index contributed by atoms with van der Waals surface area (Å²) in [7, 11) is 2.79. The summed E-state index contributed by atoms with van der Waals surface area (Å²) in [5.74, 6) is -0.727. The first-order chi connectivity index (χ1) is 23.7. The maximum Gasteiger partial charge on any atom is 0.337 e. The van der Waals surface area contributed by atoms with Crippen molar-refractivity contribution in [3.8, 4) is 0 Å². The summed E-state index contributed by atoms with van der Waals surface area (Å²) in [6.45, 7) is 13.3. The van der Waals surface area contributed by atoms with E-state index in [1.54, 1.807) is 0 Å². The molecule has 50 heavy (non-hydrogen) atoms. The van der Waals surface area contributed by atoms with Gasteiger partial charge >= 0.3 is 11.9 Å². The standard InChI is InChI=1S/C42H44N4O4/c1-39(2)29-17-21-33(43-29)41(5,27-13-9-25(10-14-27)37(47)49-7)35-23-19-31(45-35)40(3,4)32-20-24-36(46-32)42(6,34-22-18-30(39)44-34)28-15-11-26(12-16-28)38(48)50-8/h9-24,43-46H,1-8H3. The van der Waals surface area contributed by atoms with Crippen molar-refractivity contribution in [2.24, 2.45) is 0 Å². The minimum Gasteiger partial charge on any atom is -0.465 e. The van der Waals surface area contributed by atoms with Crippen LogP contribution >= 0.6 is 0 Å². The van der Waals surface area contributed by atoms with E-state index in [0.717, 1.165) is 56.7 Å². The lowest BCUT2D eigenvalue weighted by molar-refractivity contribution is 0.0592. The summed E-state index contributed by atoms with van der Waals surface area (Å²) in [6.07, 6.45) is 0. The average Bonchev–Trinajstić information content (AvgIpc) is 3.97. The van der Waals surface area contributed by atoms with E-state index in [2.05, 4.69) is 110 Å². The molecule has 1 aliphatic heterocycles. The van der Waals surface area contributed by atoms with Crippen LogP contribution in [0.4, 0.5) is 0 Å². The van der Waals surface area contributed by atoms with Crippen molar-refractivity contribution >= 4 is 11.9 Å². The SMILES string of the molecule is COC(=O)c1ccc(C2(C)c3ccc([nH]3)C(C)(C)c3ccc([nH]3)C(C)(c3ccc(C(=O)OC)cc3)c3ccc([nH]3)C(C)(C)c3ccc2[nH]3)cc1. The Kier molecular flexibility index (Phi) is 7.62. The highest BCUT2D eigenvalue weighted by molar-refractivity contribution is 5.89. The number of ether oxygens (including phenoxy) is 2. The van der Waals surface area contributed by atoms with Crippen LogP contribution in [-0.4, -0.2) is 46.1 Å². The van der Waals surface area contributed by atoms with Crippen LogP contribution in [0.15, 0.2) is 97.1 Å². The second-order valence-electron chi connectivity index (χ2n) is 14.8. The number of hydrogen-bond acceptors (Lipinski definition) is 4. The number of fused-ring (bicyclic) bond motifs is 8. The van der Waals surface area contributed by atoms with E-state index in [4.69, 9.17) is 9.47 Å². The van der Waals surface area contributed by atoms with Crippen molar-refractivity contribution in [3.63, 3.8) is 0 Å². The maximum atomic E-state index is 12.3. The number of nitrogens with one attached hydrogen (secondary N) is 4. The van der Waals surface area contributed by atoms with Crippen LogP contribution in [0.3, 0.4) is 0 Å². The Bertz CT molecular complexity index is 1960. The van der Waals surface area contributed by atoms with Gasteiger partial charge in [0.1, 0.15) is 0 Å². The van der Waals surface area contributed by atoms with Gasteiger partial charge in [0.15, 0.2) is 0 Å². The van der Waals surface area contributed by atoms with E-state index in [-0.39, 0.29) is 11.9 Å². The van der Waals surface area contributed by atoms with Crippen LogP contribution in [0.25, 0.3) is 0 Å². The molecule has 5 heterocycles. The molecule has 256 valence electrons. The van der Waals surface area contributed by atoms with Crippen molar-refractivity contribution in [1.29, 1.82) is 0 Å². The van der Waals surface area contributed by atoms with Crippen LogP contribution in [0.5, 0.6) is 0 Å². The average molecular weight is 669 g/mol. The van der Waals surface area contributed by atoms with Crippen LogP contribution in [0.1, 0.15) is 119 Å². The highest BCUT2D eigenvalue weighted by atomic mass is 16.5. The quantitative estimate of drug-likeness (QED) is 0.142. The van der Waals surface area contributed by atoms with Crippen molar-refractivity contribution in [1.82, 2.24) is 19.9 Å². The minimum absolute atomic E-state index is 0.363. The van der Waals surface area contributed by atoms with Crippen molar-refractivity contribution in [2.45, 2.75) is 63.2 Å². The molecule has 0 spiro atoms. The molecule has 1 aliphatic rings. The lowest BCUT2D eigenvalue weighted by Crippen LogP contribution is -2.30. The molecule has 4 aromatic heterocycles. The molecular formula is C42H44N4O4. The van der Waals surface area contributed by atoms with Gasteiger partial charge in [-0.25, -0.2) is 9.59 Å². The predicted molar refractivity (Wildman–Crippen MR) is 194 cm³/mol. The van der Waals surface area contributed by atoms with E-state index in [1.165, 1.54) is 14.2 Å². The lowest BCUT2D eigenvalue weighted by Gasteiger charge is -2.32. The highest BCUT2D eigenvalue weighted by Gasteiger charge is 2.40. The molecule has 0 radical (unpaired) electrons. The van der Waals surface area contributed by atoms with E-state index >= 15 is 0 Å². The predicted octanol–water partition coefficient (Wildman–Crippen LogP) is 8.25. The van der Waals surface area contributed by atoms with Crippen LogP contribution in [0.2, 0.25) is 0 Å². The fourth-order valence-electron chi connectivity index (χ4n) is 7.52. The number of benzene rings is 2. The zero-order chi connectivity index (χ0) is 35.6. The topological polar surface area (TPSA) is 116 Å². The number of hydrogen-bond donors (Lipinski definition) is 4. The third-order valence-corrected chi connectivity index (χ3v) is 11.4. The first-order valence-corrected chi connectivity index (χ1v) is 16.9. The smallest absolute Gasteiger partial charge is 0.337 e. The fourth-order valence-corrected chi connectivity index (χ4v) is 7.52. The Hall–Kier alpha value is -5.50. The maximum absolute atomic E-state index is 12.3. The number of H-pyrrole nitrogens is 4. The largest absolute Gasteiger partial charge is 0.465 e. The second kappa shape index (κ2) is 11.5. The molecule has 0 amide bonds. The van der Waals surface area contributed by atoms with E-state index in [1.807, 2.05) is 48.5 Å². The molecule has 0 fully saturated rings. The van der Waals surface area contributed by atoms with E-state index in [0.29, 0.717) is 11.1 Å². The molecule has 0 aliphatic carbocycles. The molecule has 8 bridgehead atoms. The van der Waals surface area contributed by atoms with E-state index < -0.39 is 21.7 Å². The molecule has 0 atom stereocenters. The molecule has 8 heteroatoms. The molecule has 0 saturated heterocycles. The molecule has 4 N–H and O–H groups in total. The van der Waals surface area contributed by atoms with E-state index in [9.17, 15) is 9.59 Å². The Labute approximate surface area is 292 Å². The summed E-state index contributed by atoms with van der Waals surface area (Å²) in [5.41, 5.74) is 9.36. The molecule has 8 nitrogen and oxygen atoms in total. The Balaban J connectivity index is 1.44. The van der Waals surface area contributed by atoms with Crippen molar-refractivity contribution in [2.75, 3.05) is 14.2 Å². The normalized spacial score (nSPS) is 20.6. The van der Waals surface area contributed by atoms with Gasteiger partial charge in [0.25, 0.3) is 0 Å². The number of rotatable bonds is 4. The van der Waals surface area contributed by atoms with Gasteiger partial charge in [-0.3, -0.25) is 0 Å². The summed E-state index contributed by atoms with van der Waals surface area (Å²) < 4.78 is 9.95. The Morgan fingerprint density at radius 2 is 0.640 bits per heavy atom. The zero-order valence-electron chi connectivity index (χ0n) is 29.9. The van der Waals surface area contributed by atoms with Crippen LogP contribution < -0.4 is 0 Å². The molecule has 6 aromatic rings.